The molecule has 10 heteroatoms. The van der Waals surface area contributed by atoms with E-state index in [9.17, 15) is 18.3 Å². The predicted molar refractivity (Wildman–Crippen MR) is 140 cm³/mol. The van der Waals surface area contributed by atoms with E-state index in [1.165, 1.54) is 19.2 Å². The summed E-state index contributed by atoms with van der Waals surface area (Å²) in [6.45, 7) is 6.09. The summed E-state index contributed by atoms with van der Waals surface area (Å²) in [5.74, 6) is 0.211. The number of hydrogen-bond donors (Lipinski definition) is 4. The van der Waals surface area contributed by atoms with E-state index in [1.807, 2.05) is 0 Å². The van der Waals surface area contributed by atoms with Crippen molar-refractivity contribution >= 4 is 27.5 Å². The third-order valence-electron chi connectivity index (χ3n) is 4.91. The number of sulfonamides is 1. The number of carbonyl (C=O) groups is 1. The monoisotopic (exact) mass is 513 g/mol. The van der Waals surface area contributed by atoms with Gasteiger partial charge in [0.15, 0.2) is 0 Å². The summed E-state index contributed by atoms with van der Waals surface area (Å²) in [7, 11) is -2.64. The molecule has 0 aromatic heterocycles. The highest BCUT2D eigenvalue weighted by Crippen LogP contribution is 2.34. The van der Waals surface area contributed by atoms with Crippen LogP contribution in [0.25, 0.3) is 11.1 Å². The molecule has 0 unspecified atom stereocenters. The van der Waals surface area contributed by atoms with Crippen molar-refractivity contribution in [3.8, 4) is 22.6 Å². The third-order valence-corrected chi connectivity index (χ3v) is 6.31. The number of ether oxygens (including phenoxy) is 2. The fourth-order valence-corrected chi connectivity index (χ4v) is 4.61. The minimum absolute atomic E-state index is 0.0407. The summed E-state index contributed by atoms with van der Waals surface area (Å²) >= 11 is 0. The number of rotatable bonds is 9. The normalized spacial score (nSPS) is 11.4. The molecule has 3 rings (SSSR count). The van der Waals surface area contributed by atoms with Crippen molar-refractivity contribution in [3.63, 3.8) is 0 Å². The average molecular weight is 514 g/mol. The first-order valence-corrected chi connectivity index (χ1v) is 12.8. The van der Waals surface area contributed by atoms with Gasteiger partial charge < -0.3 is 25.2 Å². The van der Waals surface area contributed by atoms with E-state index in [0.717, 1.165) is 0 Å². The molecule has 3 aromatic rings. The van der Waals surface area contributed by atoms with Gasteiger partial charge in [-0.1, -0.05) is 30.3 Å². The maximum absolute atomic E-state index is 13.3. The second-order valence-electron chi connectivity index (χ2n) is 8.92. The lowest BCUT2D eigenvalue weighted by Gasteiger charge is -2.19. The van der Waals surface area contributed by atoms with Crippen LogP contribution in [-0.2, 0) is 14.8 Å². The number of nitrogens with one attached hydrogen (secondary N) is 3. The number of methoxy groups -OCH3 is 1. The van der Waals surface area contributed by atoms with Crippen LogP contribution in [-0.4, -0.2) is 45.4 Å². The smallest absolute Gasteiger partial charge is 0.407 e. The van der Waals surface area contributed by atoms with Gasteiger partial charge >= 0.3 is 6.09 Å². The van der Waals surface area contributed by atoms with Gasteiger partial charge in [0.25, 0.3) is 10.0 Å². The van der Waals surface area contributed by atoms with E-state index in [0.29, 0.717) is 35.6 Å². The second kappa shape index (κ2) is 11.2. The van der Waals surface area contributed by atoms with Gasteiger partial charge in [-0.3, -0.25) is 4.72 Å². The van der Waals surface area contributed by atoms with Crippen LogP contribution >= 0.6 is 0 Å². The molecule has 36 heavy (non-hydrogen) atoms. The quantitative estimate of drug-likeness (QED) is 0.303. The number of para-hydroxylation sites is 1. The van der Waals surface area contributed by atoms with Crippen LogP contribution < -0.4 is 20.1 Å². The first kappa shape index (κ1) is 26.7. The van der Waals surface area contributed by atoms with Gasteiger partial charge in [0, 0.05) is 24.3 Å². The number of anilines is 2. The van der Waals surface area contributed by atoms with Gasteiger partial charge in [-0.25, -0.2) is 13.2 Å². The summed E-state index contributed by atoms with van der Waals surface area (Å²) in [6.07, 6.45) is -0.509. The SMILES string of the molecule is COc1ccc(-c2ccccc2O)cc1S(=O)(=O)Nc1cccc(NCCNC(=O)OC(C)(C)C)c1. The zero-order valence-corrected chi connectivity index (χ0v) is 21.5. The fourth-order valence-electron chi connectivity index (χ4n) is 3.36. The summed E-state index contributed by atoms with van der Waals surface area (Å²) in [4.78, 5) is 11.7. The van der Waals surface area contributed by atoms with E-state index in [-0.39, 0.29) is 16.4 Å². The molecule has 0 aliphatic rings. The summed E-state index contributed by atoms with van der Waals surface area (Å²) < 4.78 is 39.6. The number of alkyl carbamates (subject to hydrolysis) is 1. The Balaban J connectivity index is 1.72. The zero-order valence-electron chi connectivity index (χ0n) is 20.7. The number of phenolic OH excluding ortho intramolecular Hbond substituents is 1. The van der Waals surface area contributed by atoms with Crippen LogP contribution in [0.15, 0.2) is 71.6 Å². The van der Waals surface area contributed by atoms with Crippen LogP contribution in [0.4, 0.5) is 16.2 Å². The number of amides is 1. The van der Waals surface area contributed by atoms with Gasteiger partial charge in [0.05, 0.1) is 12.8 Å². The van der Waals surface area contributed by atoms with Crippen LogP contribution in [0.1, 0.15) is 20.8 Å². The molecule has 192 valence electrons. The molecule has 0 heterocycles. The fraction of sp³-hybridized carbons (Fsp3) is 0.269. The maximum Gasteiger partial charge on any atom is 0.407 e. The zero-order chi connectivity index (χ0) is 26.3. The highest BCUT2D eigenvalue weighted by molar-refractivity contribution is 7.92. The molecule has 0 aliphatic carbocycles. The molecule has 0 spiro atoms. The molecule has 0 saturated carbocycles. The number of phenols is 1. The number of carbonyl (C=O) groups excluding carboxylic acids is 1. The Morgan fingerprint density at radius 1 is 0.944 bits per heavy atom. The minimum atomic E-state index is -4.03. The molecule has 1 amide bonds. The number of hydrogen-bond acceptors (Lipinski definition) is 7. The first-order valence-electron chi connectivity index (χ1n) is 11.3. The molecule has 3 aromatic carbocycles. The van der Waals surface area contributed by atoms with Crippen molar-refractivity contribution in [1.29, 1.82) is 0 Å². The van der Waals surface area contributed by atoms with Crippen molar-refractivity contribution in [2.75, 3.05) is 30.2 Å². The first-order chi connectivity index (χ1) is 17.0. The average Bonchev–Trinajstić information content (AvgIpc) is 2.81. The van der Waals surface area contributed by atoms with E-state index < -0.39 is 21.7 Å². The lowest BCUT2D eigenvalue weighted by molar-refractivity contribution is 0.0530. The lowest BCUT2D eigenvalue weighted by atomic mass is 10.0. The second-order valence-corrected chi connectivity index (χ2v) is 10.6. The predicted octanol–water partition coefficient (Wildman–Crippen LogP) is 4.81. The lowest BCUT2D eigenvalue weighted by Crippen LogP contribution is -2.34. The topological polar surface area (TPSA) is 126 Å². The van der Waals surface area contributed by atoms with Crippen LogP contribution in [0.5, 0.6) is 11.5 Å². The van der Waals surface area contributed by atoms with Gasteiger partial charge in [0.2, 0.25) is 0 Å². The Morgan fingerprint density at radius 2 is 1.67 bits per heavy atom. The van der Waals surface area contributed by atoms with Crippen LogP contribution in [0, 0.1) is 0 Å². The van der Waals surface area contributed by atoms with Crippen molar-refractivity contribution in [1.82, 2.24) is 5.32 Å². The van der Waals surface area contributed by atoms with Crippen molar-refractivity contribution in [3.05, 3.63) is 66.7 Å². The van der Waals surface area contributed by atoms with Crippen molar-refractivity contribution in [2.24, 2.45) is 0 Å². The van der Waals surface area contributed by atoms with Gasteiger partial charge in [-0.2, -0.15) is 0 Å². The molecular formula is C26H31N3O6S. The molecule has 4 N–H and O–H groups in total. The molecule has 0 saturated heterocycles. The highest BCUT2D eigenvalue weighted by atomic mass is 32.2. The molecule has 0 atom stereocenters. The Labute approximate surface area is 211 Å². The molecule has 9 nitrogen and oxygen atoms in total. The van der Waals surface area contributed by atoms with Gasteiger partial charge in [-0.05, 0) is 62.7 Å². The van der Waals surface area contributed by atoms with E-state index >= 15 is 0 Å². The van der Waals surface area contributed by atoms with Crippen LogP contribution in [0.2, 0.25) is 0 Å². The van der Waals surface area contributed by atoms with E-state index in [1.54, 1.807) is 75.4 Å². The number of aromatic hydroxyl groups is 1. The Hall–Kier alpha value is -3.92. The number of benzene rings is 3. The third kappa shape index (κ3) is 7.29. The maximum atomic E-state index is 13.3. The summed E-state index contributed by atoms with van der Waals surface area (Å²) in [6, 6.07) is 18.1. The summed E-state index contributed by atoms with van der Waals surface area (Å²) in [5, 5.41) is 16.0. The Morgan fingerprint density at radius 3 is 2.36 bits per heavy atom. The molecule has 0 radical (unpaired) electrons. The summed E-state index contributed by atoms with van der Waals surface area (Å²) in [5.41, 5.74) is 1.46. The van der Waals surface area contributed by atoms with Gasteiger partial charge in [-0.15, -0.1) is 0 Å². The molecule has 0 fully saturated rings. The van der Waals surface area contributed by atoms with Crippen molar-refractivity contribution < 1.29 is 27.8 Å². The van der Waals surface area contributed by atoms with Crippen molar-refractivity contribution in [2.45, 2.75) is 31.3 Å². The van der Waals surface area contributed by atoms with Gasteiger partial charge in [0.1, 0.15) is 22.0 Å². The molecular weight excluding hydrogens is 482 g/mol. The minimum Gasteiger partial charge on any atom is -0.507 e. The molecule has 0 aliphatic heterocycles. The highest BCUT2D eigenvalue weighted by Gasteiger charge is 2.21. The van der Waals surface area contributed by atoms with E-state index in [4.69, 9.17) is 9.47 Å². The Kier molecular flexibility index (Phi) is 8.31. The molecule has 0 bridgehead atoms. The van der Waals surface area contributed by atoms with E-state index in [2.05, 4.69) is 15.4 Å². The van der Waals surface area contributed by atoms with Crippen LogP contribution in [0.3, 0.4) is 0 Å². The largest absolute Gasteiger partial charge is 0.507 e. The Bertz CT molecular complexity index is 1320. The standard InChI is InChI=1S/C26H31N3O6S/c1-26(2,3)35-25(31)28-15-14-27-19-8-7-9-20(17-19)29-36(32,33)24-16-18(12-13-23(24)34-4)21-10-5-6-11-22(21)30/h5-13,16-17,27,29-30H,14-15H2,1-4H3,(H,28,31).